The standard InChI is InChI=1S/C33H39N3O4/c1-22-18-36(23(2)21-37)33(39)28-10-7-11-29(34-32(38)27-16-17-27)31(28)40-30(22)20-35(3)19-24-12-14-26(15-13-24)25-8-5-4-6-9-25/h4-15,22-23,27,30,37H,16-21H2,1-3H3,(H,34,38)/t22-,23-,30-/m1/s1. The zero-order valence-corrected chi connectivity index (χ0v) is 23.5. The van der Waals surface area contributed by atoms with E-state index < -0.39 is 0 Å². The fourth-order valence-electron chi connectivity index (χ4n) is 5.26. The number of para-hydroxylation sites is 1. The summed E-state index contributed by atoms with van der Waals surface area (Å²) in [5.41, 5.74) is 4.51. The number of ether oxygens (including phenoxy) is 1. The number of aliphatic hydroxyl groups excluding tert-OH is 1. The van der Waals surface area contributed by atoms with Crippen molar-refractivity contribution < 1.29 is 19.4 Å². The molecular weight excluding hydrogens is 502 g/mol. The molecule has 3 aromatic carbocycles. The molecule has 0 saturated heterocycles. The summed E-state index contributed by atoms with van der Waals surface area (Å²) in [6.45, 7) is 5.63. The van der Waals surface area contributed by atoms with Gasteiger partial charge in [0.2, 0.25) is 5.91 Å². The number of fused-ring (bicyclic) bond motifs is 1. The summed E-state index contributed by atoms with van der Waals surface area (Å²) >= 11 is 0. The summed E-state index contributed by atoms with van der Waals surface area (Å²) in [5, 5.41) is 12.9. The van der Waals surface area contributed by atoms with Gasteiger partial charge < -0.3 is 20.1 Å². The maximum Gasteiger partial charge on any atom is 0.258 e. The average molecular weight is 542 g/mol. The van der Waals surface area contributed by atoms with E-state index in [1.807, 2.05) is 25.1 Å². The van der Waals surface area contributed by atoms with Gasteiger partial charge in [-0.3, -0.25) is 14.5 Å². The molecule has 0 unspecified atom stereocenters. The molecule has 0 aromatic heterocycles. The quantitative estimate of drug-likeness (QED) is 0.396. The van der Waals surface area contributed by atoms with Crippen molar-refractivity contribution in [2.24, 2.45) is 11.8 Å². The molecule has 3 atom stereocenters. The summed E-state index contributed by atoms with van der Waals surface area (Å²) in [5.74, 6) is 0.194. The molecule has 1 heterocycles. The molecule has 210 valence electrons. The number of amides is 2. The van der Waals surface area contributed by atoms with E-state index in [1.54, 1.807) is 23.1 Å². The van der Waals surface area contributed by atoms with Crippen molar-refractivity contribution in [1.82, 2.24) is 9.80 Å². The molecule has 1 saturated carbocycles. The first-order valence-corrected chi connectivity index (χ1v) is 14.2. The fourth-order valence-corrected chi connectivity index (χ4v) is 5.26. The van der Waals surface area contributed by atoms with E-state index >= 15 is 0 Å². The second-order valence-electron chi connectivity index (χ2n) is 11.3. The largest absolute Gasteiger partial charge is 0.486 e. The topological polar surface area (TPSA) is 82.1 Å². The number of likely N-dealkylation sites (N-methyl/N-ethyl adjacent to an activating group) is 1. The Morgan fingerprint density at radius 2 is 1.75 bits per heavy atom. The van der Waals surface area contributed by atoms with Gasteiger partial charge in [-0.25, -0.2) is 0 Å². The molecule has 5 rings (SSSR count). The molecule has 40 heavy (non-hydrogen) atoms. The van der Waals surface area contributed by atoms with Gasteiger partial charge in [-0.1, -0.05) is 67.6 Å². The van der Waals surface area contributed by atoms with E-state index in [0.29, 0.717) is 30.1 Å². The minimum atomic E-state index is -0.341. The highest BCUT2D eigenvalue weighted by Crippen LogP contribution is 2.37. The van der Waals surface area contributed by atoms with E-state index in [0.717, 1.165) is 19.4 Å². The van der Waals surface area contributed by atoms with Crippen LogP contribution >= 0.6 is 0 Å². The number of rotatable bonds is 9. The monoisotopic (exact) mass is 541 g/mol. The Bertz CT molecular complexity index is 1320. The number of aliphatic hydroxyl groups is 1. The van der Waals surface area contributed by atoms with Gasteiger partial charge in [-0.05, 0) is 55.6 Å². The number of carbonyl (C=O) groups excluding carboxylic acids is 2. The number of anilines is 1. The molecule has 7 heteroatoms. The van der Waals surface area contributed by atoms with E-state index in [1.165, 1.54) is 16.7 Å². The molecule has 2 aliphatic rings. The molecule has 2 N–H and O–H groups in total. The highest BCUT2D eigenvalue weighted by Gasteiger charge is 2.36. The Morgan fingerprint density at radius 1 is 1.05 bits per heavy atom. The molecule has 0 radical (unpaired) electrons. The summed E-state index contributed by atoms with van der Waals surface area (Å²) in [6, 6.07) is 23.9. The van der Waals surface area contributed by atoms with Gasteiger partial charge in [0, 0.05) is 31.5 Å². The van der Waals surface area contributed by atoms with E-state index in [9.17, 15) is 14.7 Å². The van der Waals surface area contributed by atoms with Crippen LogP contribution in [-0.2, 0) is 11.3 Å². The maximum atomic E-state index is 13.6. The molecule has 1 aliphatic carbocycles. The summed E-state index contributed by atoms with van der Waals surface area (Å²) in [4.78, 5) is 30.2. The highest BCUT2D eigenvalue weighted by molar-refractivity contribution is 6.02. The number of carbonyl (C=O) groups is 2. The molecular formula is C33H39N3O4. The maximum absolute atomic E-state index is 13.6. The lowest BCUT2D eigenvalue weighted by Gasteiger charge is -2.38. The molecule has 1 aliphatic heterocycles. The number of benzene rings is 3. The lowest BCUT2D eigenvalue weighted by Crippen LogP contribution is -2.49. The van der Waals surface area contributed by atoms with Gasteiger partial charge in [0.05, 0.1) is 23.9 Å². The van der Waals surface area contributed by atoms with Crippen LogP contribution in [0, 0.1) is 11.8 Å². The van der Waals surface area contributed by atoms with Crippen molar-refractivity contribution in [3.8, 4) is 16.9 Å². The van der Waals surface area contributed by atoms with Gasteiger partial charge in [0.25, 0.3) is 5.91 Å². The van der Waals surface area contributed by atoms with Gasteiger partial charge in [-0.15, -0.1) is 0 Å². The first kappa shape index (κ1) is 27.9. The Kier molecular flexibility index (Phi) is 8.52. The number of nitrogens with zero attached hydrogens (tertiary/aromatic N) is 2. The van der Waals surface area contributed by atoms with Gasteiger partial charge >= 0.3 is 0 Å². The van der Waals surface area contributed by atoms with Crippen LogP contribution in [0.15, 0.2) is 72.8 Å². The van der Waals surface area contributed by atoms with Gasteiger partial charge in [0.1, 0.15) is 6.10 Å². The summed E-state index contributed by atoms with van der Waals surface area (Å²) in [6.07, 6.45) is 1.53. The summed E-state index contributed by atoms with van der Waals surface area (Å²) in [7, 11) is 2.07. The highest BCUT2D eigenvalue weighted by atomic mass is 16.5. The lowest BCUT2D eigenvalue weighted by molar-refractivity contribution is -0.117. The third-order valence-electron chi connectivity index (χ3n) is 7.90. The zero-order chi connectivity index (χ0) is 28.2. The Morgan fingerprint density at radius 3 is 2.42 bits per heavy atom. The van der Waals surface area contributed by atoms with Crippen molar-refractivity contribution in [1.29, 1.82) is 0 Å². The van der Waals surface area contributed by atoms with Crippen LogP contribution in [0.3, 0.4) is 0 Å². The average Bonchev–Trinajstić information content (AvgIpc) is 3.82. The molecule has 0 bridgehead atoms. The third kappa shape index (κ3) is 6.37. The second-order valence-corrected chi connectivity index (χ2v) is 11.3. The van der Waals surface area contributed by atoms with Crippen molar-refractivity contribution in [3.63, 3.8) is 0 Å². The first-order valence-electron chi connectivity index (χ1n) is 14.2. The Hall–Kier alpha value is -3.68. The smallest absolute Gasteiger partial charge is 0.258 e. The molecule has 7 nitrogen and oxygen atoms in total. The van der Waals surface area contributed by atoms with Crippen LogP contribution in [0.2, 0.25) is 0 Å². The van der Waals surface area contributed by atoms with Gasteiger partial charge in [-0.2, -0.15) is 0 Å². The molecule has 3 aromatic rings. The van der Waals surface area contributed by atoms with Crippen LogP contribution < -0.4 is 10.1 Å². The SMILES string of the molecule is C[C@@H]1CN([C@H](C)CO)C(=O)c2cccc(NC(=O)C3CC3)c2O[C@@H]1CN(C)Cc1ccc(-c2ccccc2)cc1. The van der Waals surface area contributed by atoms with Crippen LogP contribution in [0.5, 0.6) is 5.75 Å². The van der Waals surface area contributed by atoms with Crippen molar-refractivity contribution in [3.05, 3.63) is 83.9 Å². The van der Waals surface area contributed by atoms with E-state index in [4.69, 9.17) is 4.74 Å². The van der Waals surface area contributed by atoms with E-state index in [-0.39, 0.29) is 42.4 Å². The van der Waals surface area contributed by atoms with Crippen LogP contribution in [0.25, 0.3) is 11.1 Å². The first-order chi connectivity index (χ1) is 19.3. The Labute approximate surface area is 236 Å². The minimum absolute atomic E-state index is 0.0128. The summed E-state index contributed by atoms with van der Waals surface area (Å²) < 4.78 is 6.63. The van der Waals surface area contributed by atoms with Crippen molar-refractivity contribution >= 4 is 17.5 Å². The minimum Gasteiger partial charge on any atom is -0.486 e. The van der Waals surface area contributed by atoms with Gasteiger partial charge in [0.15, 0.2) is 5.75 Å². The van der Waals surface area contributed by atoms with Crippen LogP contribution in [0.1, 0.15) is 42.6 Å². The Balaban J connectivity index is 1.37. The predicted molar refractivity (Wildman–Crippen MR) is 157 cm³/mol. The predicted octanol–water partition coefficient (Wildman–Crippen LogP) is 5.05. The van der Waals surface area contributed by atoms with Crippen molar-refractivity contribution in [2.75, 3.05) is 32.1 Å². The van der Waals surface area contributed by atoms with Crippen LogP contribution in [-0.4, -0.2) is 65.6 Å². The molecule has 2 amide bonds. The van der Waals surface area contributed by atoms with Crippen LogP contribution in [0.4, 0.5) is 5.69 Å². The number of nitrogens with one attached hydrogen (secondary N) is 1. The normalized spacial score (nSPS) is 19.8. The van der Waals surface area contributed by atoms with Crippen molar-refractivity contribution in [2.45, 2.75) is 45.4 Å². The molecule has 1 fully saturated rings. The second kappa shape index (κ2) is 12.2. The molecule has 0 spiro atoms. The lowest BCUT2D eigenvalue weighted by atomic mass is 9.98. The van der Waals surface area contributed by atoms with E-state index in [2.05, 4.69) is 60.6 Å². The third-order valence-corrected chi connectivity index (χ3v) is 7.90. The number of hydrogen-bond acceptors (Lipinski definition) is 5. The number of hydrogen-bond donors (Lipinski definition) is 2. The fraction of sp³-hybridized carbons (Fsp3) is 0.394. The zero-order valence-electron chi connectivity index (χ0n) is 23.5.